The summed E-state index contributed by atoms with van der Waals surface area (Å²) < 4.78 is 47.3. The van der Waals surface area contributed by atoms with Gasteiger partial charge in [-0.15, -0.1) is 0 Å². The minimum atomic E-state index is -3.48. The minimum Gasteiger partial charge on any atom is -0.315 e. The van der Waals surface area contributed by atoms with Crippen LogP contribution in [-0.4, -0.2) is 53.7 Å². The Bertz CT molecular complexity index is 409. The molecule has 0 amide bonds. The zero-order chi connectivity index (χ0) is 12.2. The van der Waals surface area contributed by atoms with Crippen LogP contribution in [0.1, 0.15) is 12.8 Å². The topological polar surface area (TPSA) is 92.3 Å². The summed E-state index contributed by atoms with van der Waals surface area (Å²) in [4.78, 5) is 0. The lowest BCUT2D eigenvalue weighted by molar-refractivity contribution is 0.429. The lowest BCUT2D eigenvalue weighted by Gasteiger charge is -2.23. The van der Waals surface area contributed by atoms with E-state index in [2.05, 4.69) is 10.0 Å². The monoisotopic (exact) mass is 270 g/mol. The van der Waals surface area contributed by atoms with Crippen molar-refractivity contribution in [2.24, 2.45) is 0 Å². The Morgan fingerprint density at radius 3 is 2.44 bits per heavy atom. The van der Waals surface area contributed by atoms with Crippen molar-refractivity contribution in [2.75, 3.05) is 30.9 Å². The maximum atomic E-state index is 11.5. The zero-order valence-electron chi connectivity index (χ0n) is 9.27. The van der Waals surface area contributed by atoms with Crippen molar-refractivity contribution in [1.29, 1.82) is 0 Å². The highest BCUT2D eigenvalue weighted by Crippen LogP contribution is 2.03. The fraction of sp³-hybridized carbons (Fsp3) is 1.00. The molecular weight excluding hydrogens is 252 g/mol. The second kappa shape index (κ2) is 5.44. The van der Waals surface area contributed by atoms with E-state index in [4.69, 9.17) is 0 Å². The second-order valence-electron chi connectivity index (χ2n) is 4.11. The summed E-state index contributed by atoms with van der Waals surface area (Å²) in [6.07, 6.45) is 2.76. The molecule has 0 bridgehead atoms. The normalized spacial score (nSPS) is 23.2. The van der Waals surface area contributed by atoms with Crippen LogP contribution in [0.3, 0.4) is 0 Å². The van der Waals surface area contributed by atoms with E-state index < -0.39 is 19.9 Å². The Hall–Kier alpha value is -0.180. The molecule has 0 radical (unpaired) electrons. The standard InChI is InChI=1S/C8H18N2O4S2/c1-15(11,12)5-6-16(13,14)10-8-3-2-4-9-7-8/h8-10H,2-7H2,1H3/t8-/m1/s1. The number of nitrogens with one attached hydrogen (secondary N) is 2. The van der Waals surface area contributed by atoms with Crippen molar-refractivity contribution >= 4 is 19.9 Å². The third-order valence-electron chi connectivity index (χ3n) is 2.37. The number of hydrogen-bond donors (Lipinski definition) is 2. The van der Waals surface area contributed by atoms with Gasteiger partial charge in [0.25, 0.3) is 0 Å². The van der Waals surface area contributed by atoms with Gasteiger partial charge < -0.3 is 5.32 Å². The van der Waals surface area contributed by atoms with Crippen LogP contribution in [0.25, 0.3) is 0 Å². The van der Waals surface area contributed by atoms with E-state index in [0.717, 1.165) is 25.6 Å². The molecule has 1 rings (SSSR count). The molecule has 0 aromatic rings. The van der Waals surface area contributed by atoms with Crippen LogP contribution >= 0.6 is 0 Å². The van der Waals surface area contributed by atoms with Gasteiger partial charge in [-0.25, -0.2) is 21.6 Å². The van der Waals surface area contributed by atoms with E-state index in [9.17, 15) is 16.8 Å². The number of sulfone groups is 1. The van der Waals surface area contributed by atoms with Gasteiger partial charge in [0.2, 0.25) is 10.0 Å². The smallest absolute Gasteiger partial charge is 0.212 e. The third-order valence-corrected chi connectivity index (χ3v) is 5.00. The SMILES string of the molecule is CS(=O)(=O)CCS(=O)(=O)N[C@@H]1CCCNC1. The second-order valence-corrected chi connectivity index (χ2v) is 8.24. The molecule has 0 aromatic carbocycles. The lowest BCUT2D eigenvalue weighted by atomic mass is 10.1. The molecule has 0 unspecified atom stereocenters. The Labute approximate surface area is 96.8 Å². The number of piperidine rings is 1. The van der Waals surface area contributed by atoms with E-state index in [1.165, 1.54) is 0 Å². The molecule has 0 aliphatic carbocycles. The van der Waals surface area contributed by atoms with Crippen LogP contribution in [0.4, 0.5) is 0 Å². The van der Waals surface area contributed by atoms with E-state index in [-0.39, 0.29) is 17.5 Å². The van der Waals surface area contributed by atoms with E-state index in [0.29, 0.717) is 6.54 Å². The first-order valence-corrected chi connectivity index (χ1v) is 8.88. The van der Waals surface area contributed by atoms with Gasteiger partial charge in [-0.1, -0.05) is 0 Å². The van der Waals surface area contributed by atoms with Crippen LogP contribution in [0, 0.1) is 0 Å². The number of sulfonamides is 1. The Balaban J connectivity index is 2.44. The molecule has 0 aromatic heterocycles. The highest BCUT2D eigenvalue weighted by atomic mass is 32.2. The summed E-state index contributed by atoms with van der Waals surface area (Å²) in [5.74, 6) is -0.690. The quantitative estimate of drug-likeness (QED) is 0.648. The first-order valence-electron chi connectivity index (χ1n) is 5.17. The van der Waals surface area contributed by atoms with E-state index in [1.54, 1.807) is 0 Å². The van der Waals surface area contributed by atoms with Gasteiger partial charge in [0.05, 0.1) is 11.5 Å². The Kier molecular flexibility index (Phi) is 4.72. The predicted molar refractivity (Wildman–Crippen MR) is 62.5 cm³/mol. The van der Waals surface area contributed by atoms with Crippen LogP contribution < -0.4 is 10.0 Å². The van der Waals surface area contributed by atoms with Gasteiger partial charge in [0.15, 0.2) is 0 Å². The van der Waals surface area contributed by atoms with Crippen molar-refractivity contribution in [3.63, 3.8) is 0 Å². The van der Waals surface area contributed by atoms with E-state index in [1.807, 2.05) is 0 Å². The molecule has 1 aliphatic heterocycles. The zero-order valence-corrected chi connectivity index (χ0v) is 10.9. The molecule has 1 atom stereocenters. The maximum absolute atomic E-state index is 11.5. The van der Waals surface area contributed by atoms with Gasteiger partial charge in [-0.3, -0.25) is 0 Å². The van der Waals surface area contributed by atoms with Gasteiger partial charge in [-0.2, -0.15) is 0 Å². The van der Waals surface area contributed by atoms with Crippen LogP contribution in [0.2, 0.25) is 0 Å². The maximum Gasteiger partial charge on any atom is 0.212 e. The summed E-state index contributed by atoms with van der Waals surface area (Å²) in [7, 11) is -6.72. The van der Waals surface area contributed by atoms with Crippen molar-refractivity contribution in [3.8, 4) is 0 Å². The highest BCUT2D eigenvalue weighted by Gasteiger charge is 2.20. The molecule has 2 N–H and O–H groups in total. The number of hydrogen-bond acceptors (Lipinski definition) is 5. The van der Waals surface area contributed by atoms with Crippen LogP contribution in [-0.2, 0) is 19.9 Å². The predicted octanol–water partition coefficient (Wildman–Crippen LogP) is -1.30. The van der Waals surface area contributed by atoms with Crippen LogP contribution in [0.5, 0.6) is 0 Å². The summed E-state index contributed by atoms with van der Waals surface area (Å²) >= 11 is 0. The molecule has 1 fully saturated rings. The van der Waals surface area contributed by atoms with E-state index >= 15 is 0 Å². The van der Waals surface area contributed by atoms with Crippen molar-refractivity contribution in [2.45, 2.75) is 18.9 Å². The molecule has 1 heterocycles. The fourth-order valence-electron chi connectivity index (χ4n) is 1.53. The first-order chi connectivity index (χ1) is 7.29. The van der Waals surface area contributed by atoms with Gasteiger partial charge in [0, 0.05) is 18.8 Å². The third kappa shape index (κ3) is 5.78. The number of rotatable bonds is 5. The first kappa shape index (κ1) is 13.9. The molecule has 0 spiro atoms. The molecule has 1 saturated heterocycles. The molecular formula is C8H18N2O4S2. The van der Waals surface area contributed by atoms with Crippen molar-refractivity contribution in [1.82, 2.24) is 10.0 Å². The molecule has 0 saturated carbocycles. The summed E-state index contributed by atoms with van der Waals surface area (Å²) in [6.45, 7) is 1.51. The minimum absolute atomic E-state index is 0.113. The lowest BCUT2D eigenvalue weighted by Crippen LogP contribution is -2.46. The fourth-order valence-corrected chi connectivity index (χ4v) is 4.44. The van der Waals surface area contributed by atoms with Gasteiger partial charge in [0.1, 0.15) is 9.84 Å². The molecule has 96 valence electrons. The molecule has 1 aliphatic rings. The average Bonchev–Trinajstić information content (AvgIpc) is 2.15. The van der Waals surface area contributed by atoms with Crippen LogP contribution in [0.15, 0.2) is 0 Å². The Morgan fingerprint density at radius 2 is 1.94 bits per heavy atom. The van der Waals surface area contributed by atoms with Crippen molar-refractivity contribution < 1.29 is 16.8 Å². The summed E-state index contributed by atoms with van der Waals surface area (Å²) in [6, 6.07) is -0.113. The largest absolute Gasteiger partial charge is 0.315 e. The van der Waals surface area contributed by atoms with Crippen molar-refractivity contribution in [3.05, 3.63) is 0 Å². The highest BCUT2D eigenvalue weighted by molar-refractivity contribution is 7.93. The van der Waals surface area contributed by atoms with Gasteiger partial charge in [-0.05, 0) is 19.4 Å². The average molecular weight is 270 g/mol. The molecule has 16 heavy (non-hydrogen) atoms. The molecule has 6 nitrogen and oxygen atoms in total. The van der Waals surface area contributed by atoms with Gasteiger partial charge >= 0.3 is 0 Å². The summed E-state index contributed by atoms with van der Waals surface area (Å²) in [5, 5.41) is 3.08. The summed E-state index contributed by atoms with van der Waals surface area (Å²) in [5.41, 5.74) is 0. The molecule has 8 heteroatoms. The Morgan fingerprint density at radius 1 is 1.25 bits per heavy atom.